The van der Waals surface area contributed by atoms with Crippen LogP contribution in [0.25, 0.3) is 0 Å². The fourth-order valence-corrected chi connectivity index (χ4v) is 2.61. The van der Waals surface area contributed by atoms with Gasteiger partial charge in [0.1, 0.15) is 0 Å². The van der Waals surface area contributed by atoms with Gasteiger partial charge in [-0.3, -0.25) is 0 Å². The molecule has 1 saturated carbocycles. The first kappa shape index (κ1) is 9.47. The largest absolute Gasteiger partial charge is 0.316 e. The number of nitrogens with one attached hydrogen (secondary N) is 1. The third kappa shape index (κ3) is 2.05. The molecule has 2 aliphatic rings. The summed E-state index contributed by atoms with van der Waals surface area (Å²) in [6, 6.07) is 0. The minimum absolute atomic E-state index is 0.601. The highest BCUT2D eigenvalue weighted by molar-refractivity contribution is 5.03. The lowest BCUT2D eigenvalue weighted by atomic mass is 9.91. The molecule has 0 aromatic rings. The van der Waals surface area contributed by atoms with E-state index in [9.17, 15) is 0 Å². The van der Waals surface area contributed by atoms with Gasteiger partial charge in [0.05, 0.1) is 0 Å². The molecule has 1 atom stereocenters. The number of hydrogen-bond donors (Lipinski definition) is 1. The third-order valence-corrected chi connectivity index (χ3v) is 3.84. The Balaban J connectivity index is 1.82. The molecule has 0 aromatic heterocycles. The summed E-state index contributed by atoms with van der Waals surface area (Å²) < 4.78 is 0. The number of piperidine rings is 1. The molecule has 0 aromatic carbocycles. The molecule has 2 rings (SSSR count). The molecule has 2 heteroatoms. The van der Waals surface area contributed by atoms with Crippen LogP contribution in [0, 0.1) is 5.92 Å². The lowest BCUT2D eigenvalue weighted by molar-refractivity contribution is 0.204. The van der Waals surface area contributed by atoms with E-state index in [1.165, 1.54) is 45.2 Å². The molecule has 1 saturated heterocycles. The van der Waals surface area contributed by atoms with Gasteiger partial charge in [0.2, 0.25) is 0 Å². The molecule has 2 nitrogen and oxygen atoms in total. The normalized spacial score (nSPS) is 32.1. The van der Waals surface area contributed by atoms with E-state index in [1.807, 2.05) is 0 Å². The molecule has 0 bridgehead atoms. The topological polar surface area (TPSA) is 15.3 Å². The van der Waals surface area contributed by atoms with Gasteiger partial charge < -0.3 is 10.2 Å². The first-order valence-corrected chi connectivity index (χ1v) is 5.61. The maximum atomic E-state index is 3.51. The van der Waals surface area contributed by atoms with Crippen molar-refractivity contribution in [1.82, 2.24) is 10.2 Å². The number of hydrogen-bond acceptors (Lipinski definition) is 2. The maximum Gasteiger partial charge on any atom is 0.0208 e. The molecular weight excluding hydrogens is 160 g/mol. The van der Waals surface area contributed by atoms with Gasteiger partial charge in [-0.2, -0.15) is 0 Å². The first-order valence-electron chi connectivity index (χ1n) is 5.61. The Labute approximate surface area is 81.7 Å². The molecule has 13 heavy (non-hydrogen) atoms. The summed E-state index contributed by atoms with van der Waals surface area (Å²) in [7, 11) is 4.48. The van der Waals surface area contributed by atoms with Crippen molar-refractivity contribution in [2.75, 3.05) is 27.2 Å². The molecule has 76 valence electrons. The second-order valence-electron chi connectivity index (χ2n) is 5.04. The highest BCUT2D eigenvalue weighted by Gasteiger charge is 2.45. The van der Waals surface area contributed by atoms with Crippen LogP contribution < -0.4 is 5.32 Å². The zero-order chi connectivity index (χ0) is 9.31. The minimum Gasteiger partial charge on any atom is -0.316 e. The quantitative estimate of drug-likeness (QED) is 0.711. The minimum atomic E-state index is 0.601. The Kier molecular flexibility index (Phi) is 2.61. The molecule has 0 radical (unpaired) electrons. The van der Waals surface area contributed by atoms with E-state index in [0.29, 0.717) is 5.54 Å². The van der Waals surface area contributed by atoms with Gasteiger partial charge in [0.25, 0.3) is 0 Å². The fourth-order valence-electron chi connectivity index (χ4n) is 2.61. The van der Waals surface area contributed by atoms with Crippen molar-refractivity contribution in [2.24, 2.45) is 5.92 Å². The molecule has 0 spiro atoms. The van der Waals surface area contributed by atoms with Crippen molar-refractivity contribution in [3.05, 3.63) is 0 Å². The average molecular weight is 182 g/mol. The van der Waals surface area contributed by atoms with E-state index < -0.39 is 0 Å². The van der Waals surface area contributed by atoms with Crippen LogP contribution in [0.4, 0.5) is 0 Å². The number of rotatable bonds is 3. The first-order chi connectivity index (χ1) is 6.23. The summed E-state index contributed by atoms with van der Waals surface area (Å²) in [4.78, 5) is 2.45. The average Bonchev–Trinajstić information content (AvgIpc) is 2.87. The van der Waals surface area contributed by atoms with E-state index in [2.05, 4.69) is 24.3 Å². The standard InChI is InChI=1S/C11H22N2/c1-13(2)11(5-6-11)8-10-4-3-7-12-9-10/h10,12H,3-9H2,1-2H3. The zero-order valence-electron chi connectivity index (χ0n) is 8.97. The second-order valence-corrected chi connectivity index (χ2v) is 5.04. The van der Waals surface area contributed by atoms with Gasteiger partial charge in [0, 0.05) is 5.54 Å². The Morgan fingerprint density at radius 2 is 2.15 bits per heavy atom. The summed E-state index contributed by atoms with van der Waals surface area (Å²) in [6.45, 7) is 2.50. The molecule has 1 N–H and O–H groups in total. The fraction of sp³-hybridized carbons (Fsp3) is 1.00. The lowest BCUT2D eigenvalue weighted by Gasteiger charge is -2.31. The Bertz CT molecular complexity index is 167. The van der Waals surface area contributed by atoms with Crippen molar-refractivity contribution in [1.29, 1.82) is 0 Å². The van der Waals surface area contributed by atoms with Gasteiger partial charge >= 0.3 is 0 Å². The molecule has 1 aliphatic heterocycles. The molecular formula is C11H22N2. The van der Waals surface area contributed by atoms with Crippen molar-refractivity contribution in [3.8, 4) is 0 Å². The lowest BCUT2D eigenvalue weighted by Crippen LogP contribution is -2.37. The second kappa shape index (κ2) is 3.58. The maximum absolute atomic E-state index is 3.51. The monoisotopic (exact) mass is 182 g/mol. The third-order valence-electron chi connectivity index (χ3n) is 3.84. The van der Waals surface area contributed by atoms with Crippen molar-refractivity contribution in [3.63, 3.8) is 0 Å². The van der Waals surface area contributed by atoms with Crippen molar-refractivity contribution >= 4 is 0 Å². The highest BCUT2D eigenvalue weighted by Crippen LogP contribution is 2.45. The summed E-state index contributed by atoms with van der Waals surface area (Å²) in [6.07, 6.45) is 7.11. The molecule has 0 amide bonds. The summed E-state index contributed by atoms with van der Waals surface area (Å²) in [5.41, 5.74) is 0.601. The SMILES string of the molecule is CN(C)C1(CC2CCCNC2)CC1. The van der Waals surface area contributed by atoms with Crippen LogP contribution >= 0.6 is 0 Å². The van der Waals surface area contributed by atoms with E-state index in [4.69, 9.17) is 0 Å². The molecule has 1 aliphatic carbocycles. The predicted molar refractivity (Wildman–Crippen MR) is 55.9 cm³/mol. The van der Waals surface area contributed by atoms with Gasteiger partial charge in [-0.05, 0) is 65.2 Å². The van der Waals surface area contributed by atoms with Gasteiger partial charge in [-0.25, -0.2) is 0 Å². The Hall–Kier alpha value is -0.0800. The molecule has 1 heterocycles. The molecule has 1 unspecified atom stereocenters. The predicted octanol–water partition coefficient (Wildman–Crippen LogP) is 1.47. The van der Waals surface area contributed by atoms with E-state index in [-0.39, 0.29) is 0 Å². The summed E-state index contributed by atoms with van der Waals surface area (Å²) in [5.74, 6) is 0.943. The van der Waals surface area contributed by atoms with E-state index in [1.54, 1.807) is 0 Å². The van der Waals surface area contributed by atoms with Gasteiger partial charge in [-0.15, -0.1) is 0 Å². The van der Waals surface area contributed by atoms with Crippen LogP contribution in [0.3, 0.4) is 0 Å². The van der Waals surface area contributed by atoms with Crippen molar-refractivity contribution in [2.45, 2.75) is 37.6 Å². The van der Waals surface area contributed by atoms with Crippen LogP contribution in [0.2, 0.25) is 0 Å². The molecule has 2 fully saturated rings. The van der Waals surface area contributed by atoms with Gasteiger partial charge in [0.15, 0.2) is 0 Å². The highest BCUT2D eigenvalue weighted by atomic mass is 15.2. The smallest absolute Gasteiger partial charge is 0.0208 e. The zero-order valence-corrected chi connectivity index (χ0v) is 8.97. The van der Waals surface area contributed by atoms with E-state index >= 15 is 0 Å². The Morgan fingerprint density at radius 1 is 1.38 bits per heavy atom. The van der Waals surface area contributed by atoms with Crippen molar-refractivity contribution < 1.29 is 0 Å². The van der Waals surface area contributed by atoms with E-state index in [0.717, 1.165) is 5.92 Å². The van der Waals surface area contributed by atoms with Crippen LogP contribution in [0.15, 0.2) is 0 Å². The van der Waals surface area contributed by atoms with Crippen LogP contribution in [0.5, 0.6) is 0 Å². The van der Waals surface area contributed by atoms with Crippen LogP contribution in [-0.2, 0) is 0 Å². The van der Waals surface area contributed by atoms with Crippen LogP contribution in [-0.4, -0.2) is 37.6 Å². The summed E-state index contributed by atoms with van der Waals surface area (Å²) >= 11 is 0. The van der Waals surface area contributed by atoms with Gasteiger partial charge in [-0.1, -0.05) is 0 Å². The summed E-state index contributed by atoms with van der Waals surface area (Å²) in [5, 5.41) is 3.51. The van der Waals surface area contributed by atoms with Crippen LogP contribution in [0.1, 0.15) is 32.1 Å². The number of nitrogens with zero attached hydrogens (tertiary/aromatic N) is 1. The Morgan fingerprint density at radius 3 is 2.62 bits per heavy atom.